The number of carbonyl (C=O) groups excluding carboxylic acids is 1. The zero-order valence-corrected chi connectivity index (χ0v) is 9.97. The zero-order chi connectivity index (χ0) is 12.1. The first-order valence-electron chi connectivity index (χ1n) is 5.94. The van der Waals surface area contributed by atoms with E-state index in [4.69, 9.17) is 0 Å². The number of carbonyl (C=O) groups is 1. The summed E-state index contributed by atoms with van der Waals surface area (Å²) in [6.45, 7) is 2.13. The van der Waals surface area contributed by atoms with Crippen molar-refractivity contribution in [2.75, 3.05) is 0 Å². The van der Waals surface area contributed by atoms with E-state index in [1.165, 1.54) is 0 Å². The van der Waals surface area contributed by atoms with Crippen LogP contribution in [-0.2, 0) is 6.42 Å². The van der Waals surface area contributed by atoms with Crippen LogP contribution in [0.1, 0.15) is 35.8 Å². The molecule has 0 radical (unpaired) electrons. The number of aldehydes is 1. The van der Waals surface area contributed by atoms with E-state index in [0.29, 0.717) is 5.56 Å². The summed E-state index contributed by atoms with van der Waals surface area (Å²) in [4.78, 5) is 11.0. The van der Waals surface area contributed by atoms with Gasteiger partial charge in [-0.1, -0.05) is 31.5 Å². The van der Waals surface area contributed by atoms with Crippen LogP contribution >= 0.6 is 0 Å². The van der Waals surface area contributed by atoms with Gasteiger partial charge in [0, 0.05) is 6.20 Å². The molecule has 88 valence electrons. The van der Waals surface area contributed by atoms with E-state index in [9.17, 15) is 4.79 Å². The molecular weight excluding hydrogens is 212 g/mol. The highest BCUT2D eigenvalue weighted by Crippen LogP contribution is 2.12. The Hall–Kier alpha value is -1.90. The Morgan fingerprint density at radius 3 is 2.71 bits per heavy atom. The van der Waals surface area contributed by atoms with E-state index in [1.54, 1.807) is 10.9 Å². The second-order valence-electron chi connectivity index (χ2n) is 4.03. The number of para-hydroxylation sites is 1. The highest BCUT2D eigenvalue weighted by molar-refractivity contribution is 5.76. The monoisotopic (exact) mass is 228 g/mol. The van der Waals surface area contributed by atoms with Crippen LogP contribution in [-0.4, -0.2) is 16.1 Å². The molecule has 0 aliphatic carbocycles. The summed E-state index contributed by atoms with van der Waals surface area (Å²) in [7, 11) is 0. The van der Waals surface area contributed by atoms with Crippen molar-refractivity contribution >= 4 is 6.29 Å². The topological polar surface area (TPSA) is 34.9 Å². The van der Waals surface area contributed by atoms with Gasteiger partial charge >= 0.3 is 0 Å². The van der Waals surface area contributed by atoms with Crippen molar-refractivity contribution in [3.8, 4) is 5.69 Å². The first kappa shape index (κ1) is 11.6. The van der Waals surface area contributed by atoms with Crippen molar-refractivity contribution in [2.24, 2.45) is 0 Å². The van der Waals surface area contributed by atoms with Gasteiger partial charge in [-0.05, 0) is 25.0 Å². The fourth-order valence-corrected chi connectivity index (χ4v) is 1.77. The number of unbranched alkanes of at least 4 members (excludes halogenated alkanes) is 1. The predicted molar refractivity (Wildman–Crippen MR) is 67.6 cm³/mol. The van der Waals surface area contributed by atoms with E-state index in [1.807, 2.05) is 30.3 Å². The smallest absolute Gasteiger partial charge is 0.153 e. The quantitative estimate of drug-likeness (QED) is 0.737. The molecule has 0 saturated carbocycles. The number of hydrogen-bond acceptors (Lipinski definition) is 2. The Labute approximate surface area is 101 Å². The number of hydrogen-bond donors (Lipinski definition) is 0. The van der Waals surface area contributed by atoms with Gasteiger partial charge in [0.05, 0.1) is 16.9 Å². The van der Waals surface area contributed by atoms with Gasteiger partial charge in [-0.2, -0.15) is 5.10 Å². The van der Waals surface area contributed by atoms with Crippen molar-refractivity contribution in [1.82, 2.24) is 9.78 Å². The van der Waals surface area contributed by atoms with Gasteiger partial charge in [-0.15, -0.1) is 0 Å². The predicted octanol–water partition coefficient (Wildman–Crippen LogP) is 3.03. The average molecular weight is 228 g/mol. The Bertz CT molecular complexity index is 488. The van der Waals surface area contributed by atoms with Crippen LogP contribution in [0.25, 0.3) is 5.69 Å². The normalized spacial score (nSPS) is 10.4. The molecule has 0 aliphatic rings. The molecule has 2 rings (SSSR count). The van der Waals surface area contributed by atoms with Gasteiger partial charge in [-0.3, -0.25) is 4.79 Å². The molecule has 0 N–H and O–H groups in total. The lowest BCUT2D eigenvalue weighted by Crippen LogP contribution is -1.95. The SMILES string of the molecule is CCCCc1nn(-c2ccccc2)cc1C=O. The lowest BCUT2D eigenvalue weighted by Gasteiger charge is -1.99. The molecule has 0 bridgehead atoms. The molecule has 0 unspecified atom stereocenters. The molecule has 1 heterocycles. The van der Waals surface area contributed by atoms with Gasteiger partial charge in [-0.25, -0.2) is 4.68 Å². The van der Waals surface area contributed by atoms with E-state index >= 15 is 0 Å². The molecule has 0 atom stereocenters. The number of aromatic nitrogens is 2. The number of nitrogens with zero attached hydrogens (tertiary/aromatic N) is 2. The standard InChI is InChI=1S/C14H16N2O/c1-2-3-9-14-12(11-17)10-16(15-14)13-7-5-4-6-8-13/h4-8,10-11H,2-3,9H2,1H3. The van der Waals surface area contributed by atoms with Crippen LogP contribution in [0, 0.1) is 0 Å². The lowest BCUT2D eigenvalue weighted by atomic mass is 10.1. The summed E-state index contributed by atoms with van der Waals surface area (Å²) in [6.07, 6.45) is 5.72. The minimum atomic E-state index is 0.697. The molecule has 0 saturated heterocycles. The van der Waals surface area contributed by atoms with Crippen molar-refractivity contribution in [1.29, 1.82) is 0 Å². The second kappa shape index (κ2) is 5.43. The summed E-state index contributed by atoms with van der Waals surface area (Å²) in [5, 5.41) is 4.47. The molecule has 17 heavy (non-hydrogen) atoms. The molecule has 0 fully saturated rings. The molecule has 2 aromatic rings. The second-order valence-corrected chi connectivity index (χ2v) is 4.03. The molecule has 0 amide bonds. The van der Waals surface area contributed by atoms with Crippen LogP contribution in [0.3, 0.4) is 0 Å². The fourth-order valence-electron chi connectivity index (χ4n) is 1.77. The molecule has 0 aliphatic heterocycles. The number of benzene rings is 1. The third-order valence-electron chi connectivity index (χ3n) is 2.74. The number of rotatable bonds is 5. The maximum atomic E-state index is 11.0. The van der Waals surface area contributed by atoms with Crippen LogP contribution < -0.4 is 0 Å². The van der Waals surface area contributed by atoms with Crippen molar-refractivity contribution in [3.63, 3.8) is 0 Å². The average Bonchev–Trinajstić information content (AvgIpc) is 2.80. The van der Waals surface area contributed by atoms with Crippen LogP contribution in [0.4, 0.5) is 0 Å². The third-order valence-corrected chi connectivity index (χ3v) is 2.74. The van der Waals surface area contributed by atoms with E-state index in [-0.39, 0.29) is 0 Å². The molecule has 1 aromatic heterocycles. The van der Waals surface area contributed by atoms with E-state index < -0.39 is 0 Å². The first-order chi connectivity index (χ1) is 8.35. The fraction of sp³-hybridized carbons (Fsp3) is 0.286. The van der Waals surface area contributed by atoms with Crippen LogP contribution in [0.5, 0.6) is 0 Å². The highest BCUT2D eigenvalue weighted by atomic mass is 16.1. The number of aryl methyl sites for hydroxylation is 1. The largest absolute Gasteiger partial charge is 0.298 e. The van der Waals surface area contributed by atoms with Crippen LogP contribution in [0.2, 0.25) is 0 Å². The summed E-state index contributed by atoms with van der Waals surface area (Å²) < 4.78 is 1.77. The van der Waals surface area contributed by atoms with Crippen LogP contribution in [0.15, 0.2) is 36.5 Å². The summed E-state index contributed by atoms with van der Waals surface area (Å²) >= 11 is 0. The highest BCUT2D eigenvalue weighted by Gasteiger charge is 2.08. The minimum absolute atomic E-state index is 0.697. The first-order valence-corrected chi connectivity index (χ1v) is 5.94. The summed E-state index contributed by atoms with van der Waals surface area (Å²) in [5.41, 5.74) is 2.58. The lowest BCUT2D eigenvalue weighted by molar-refractivity contribution is 0.112. The van der Waals surface area contributed by atoms with Gasteiger partial charge in [0.25, 0.3) is 0 Å². The molecule has 3 nitrogen and oxygen atoms in total. The van der Waals surface area contributed by atoms with E-state index in [2.05, 4.69) is 12.0 Å². The zero-order valence-electron chi connectivity index (χ0n) is 9.97. The maximum Gasteiger partial charge on any atom is 0.153 e. The molecular formula is C14H16N2O. The van der Waals surface area contributed by atoms with Gasteiger partial charge < -0.3 is 0 Å². The Morgan fingerprint density at radius 2 is 2.06 bits per heavy atom. The Kier molecular flexibility index (Phi) is 3.70. The minimum Gasteiger partial charge on any atom is -0.298 e. The molecule has 0 spiro atoms. The van der Waals surface area contributed by atoms with Crippen molar-refractivity contribution in [2.45, 2.75) is 26.2 Å². The Morgan fingerprint density at radius 1 is 1.29 bits per heavy atom. The van der Waals surface area contributed by atoms with E-state index in [0.717, 1.165) is 36.9 Å². The maximum absolute atomic E-state index is 11.0. The Balaban J connectivity index is 2.31. The summed E-state index contributed by atoms with van der Waals surface area (Å²) in [6, 6.07) is 9.84. The molecule has 1 aromatic carbocycles. The van der Waals surface area contributed by atoms with Crippen molar-refractivity contribution < 1.29 is 4.79 Å². The van der Waals surface area contributed by atoms with Gasteiger partial charge in [0.2, 0.25) is 0 Å². The molecule has 3 heteroatoms. The summed E-state index contributed by atoms with van der Waals surface area (Å²) in [5.74, 6) is 0. The van der Waals surface area contributed by atoms with Crippen molar-refractivity contribution in [3.05, 3.63) is 47.8 Å². The third kappa shape index (κ3) is 2.61. The van der Waals surface area contributed by atoms with Gasteiger partial charge in [0.1, 0.15) is 0 Å². The van der Waals surface area contributed by atoms with Gasteiger partial charge in [0.15, 0.2) is 6.29 Å².